The highest BCUT2D eigenvalue weighted by Gasteiger charge is 2.29. The van der Waals surface area contributed by atoms with Gasteiger partial charge in [-0.25, -0.2) is 8.42 Å². The quantitative estimate of drug-likeness (QED) is 0.541. The van der Waals surface area contributed by atoms with E-state index in [0.717, 1.165) is 17.5 Å². The second-order valence-corrected chi connectivity index (χ2v) is 10.1. The molecule has 1 aliphatic rings. The molecule has 31 heavy (non-hydrogen) atoms. The minimum absolute atomic E-state index is 0.335. The Morgan fingerprint density at radius 2 is 1.61 bits per heavy atom. The predicted molar refractivity (Wildman–Crippen MR) is 124 cm³/mol. The van der Waals surface area contributed by atoms with E-state index >= 15 is 0 Å². The molecule has 0 amide bonds. The molecule has 9 heteroatoms. The van der Waals surface area contributed by atoms with Crippen LogP contribution in [0.2, 0.25) is 10.0 Å². The maximum absolute atomic E-state index is 12.9. The van der Waals surface area contributed by atoms with Crippen LogP contribution in [0.1, 0.15) is 12.5 Å². The summed E-state index contributed by atoms with van der Waals surface area (Å²) in [7, 11) is -3.50. The van der Waals surface area contributed by atoms with Crippen molar-refractivity contribution >= 4 is 39.0 Å². The molecule has 2 aromatic carbocycles. The van der Waals surface area contributed by atoms with Gasteiger partial charge in [0, 0.05) is 36.8 Å². The average molecular weight is 477 g/mol. The zero-order valence-corrected chi connectivity index (χ0v) is 19.3. The van der Waals surface area contributed by atoms with E-state index in [1.54, 1.807) is 24.3 Å². The van der Waals surface area contributed by atoms with E-state index in [1.807, 2.05) is 42.2 Å². The van der Waals surface area contributed by atoms with Crippen LogP contribution in [0.4, 0.5) is 5.82 Å². The molecule has 2 heterocycles. The van der Waals surface area contributed by atoms with Gasteiger partial charge in [0.25, 0.3) is 0 Å². The zero-order valence-electron chi connectivity index (χ0n) is 17.0. The molecule has 0 atom stereocenters. The van der Waals surface area contributed by atoms with Gasteiger partial charge in [-0.15, -0.1) is 10.2 Å². The fourth-order valence-electron chi connectivity index (χ4n) is 3.54. The van der Waals surface area contributed by atoms with Crippen LogP contribution >= 0.6 is 23.2 Å². The van der Waals surface area contributed by atoms with Crippen LogP contribution in [0.25, 0.3) is 11.3 Å². The molecule has 0 bridgehead atoms. The van der Waals surface area contributed by atoms with E-state index in [-0.39, 0.29) is 0 Å². The highest BCUT2D eigenvalue weighted by molar-refractivity contribution is 7.89. The summed E-state index contributed by atoms with van der Waals surface area (Å²) < 4.78 is 27.4. The van der Waals surface area contributed by atoms with Crippen LogP contribution in [0.3, 0.4) is 0 Å². The van der Waals surface area contributed by atoms with E-state index in [2.05, 4.69) is 10.2 Å². The van der Waals surface area contributed by atoms with Gasteiger partial charge in [0.1, 0.15) is 0 Å². The molecule has 0 N–H and O–H groups in total. The first kappa shape index (κ1) is 22.0. The van der Waals surface area contributed by atoms with Crippen molar-refractivity contribution < 1.29 is 8.42 Å². The monoisotopic (exact) mass is 476 g/mol. The number of nitrogens with zero attached hydrogens (tertiary/aromatic N) is 4. The van der Waals surface area contributed by atoms with Crippen LogP contribution in [-0.4, -0.2) is 49.1 Å². The Morgan fingerprint density at radius 1 is 0.903 bits per heavy atom. The maximum Gasteiger partial charge on any atom is 0.243 e. The van der Waals surface area contributed by atoms with Crippen LogP contribution in [0.15, 0.2) is 59.5 Å². The summed E-state index contributed by atoms with van der Waals surface area (Å²) in [5.41, 5.74) is 2.53. The summed E-state index contributed by atoms with van der Waals surface area (Å²) in [6.45, 7) is 3.92. The number of piperazine rings is 1. The van der Waals surface area contributed by atoms with Crippen LogP contribution in [0.5, 0.6) is 0 Å². The molecule has 4 rings (SSSR count). The highest BCUT2D eigenvalue weighted by atomic mass is 35.5. The smallest absolute Gasteiger partial charge is 0.243 e. The molecule has 162 valence electrons. The third kappa shape index (κ3) is 4.70. The van der Waals surface area contributed by atoms with Crippen LogP contribution in [-0.2, 0) is 16.4 Å². The van der Waals surface area contributed by atoms with E-state index in [4.69, 9.17) is 23.2 Å². The standard InChI is InChI=1S/C22H22Cl2N4O2S/c1-2-16-3-6-18(7-4-16)31(29,30)28-13-11-27(12-14-28)22-10-9-21(25-26-22)19-8-5-17(23)15-20(19)24/h3-10,15H,2,11-14H2,1H3. The number of sulfonamides is 1. The van der Waals surface area contributed by atoms with Gasteiger partial charge in [0.2, 0.25) is 10.0 Å². The lowest BCUT2D eigenvalue weighted by Crippen LogP contribution is -2.49. The third-order valence-corrected chi connectivity index (χ3v) is 7.85. The van der Waals surface area contributed by atoms with Crippen molar-refractivity contribution in [2.45, 2.75) is 18.2 Å². The first-order valence-corrected chi connectivity index (χ1v) is 12.2. The average Bonchev–Trinajstić information content (AvgIpc) is 2.79. The van der Waals surface area contributed by atoms with Gasteiger partial charge in [-0.05, 0) is 54.4 Å². The summed E-state index contributed by atoms with van der Waals surface area (Å²) >= 11 is 12.2. The summed E-state index contributed by atoms with van der Waals surface area (Å²) in [5.74, 6) is 0.707. The highest BCUT2D eigenvalue weighted by Crippen LogP contribution is 2.29. The molecule has 1 fully saturated rings. The number of hydrogen-bond acceptors (Lipinski definition) is 5. The number of aromatic nitrogens is 2. The molecule has 0 aliphatic carbocycles. The van der Waals surface area contributed by atoms with Gasteiger partial charge in [-0.1, -0.05) is 42.3 Å². The maximum atomic E-state index is 12.9. The molecule has 6 nitrogen and oxygen atoms in total. The molecule has 1 aliphatic heterocycles. The van der Waals surface area contributed by atoms with Gasteiger partial charge >= 0.3 is 0 Å². The molecule has 3 aromatic rings. The van der Waals surface area contributed by atoms with Crippen LogP contribution in [0, 0.1) is 0 Å². The molecule has 0 spiro atoms. The summed E-state index contributed by atoms with van der Waals surface area (Å²) in [4.78, 5) is 2.37. The van der Waals surface area contributed by atoms with Gasteiger partial charge < -0.3 is 4.90 Å². The Morgan fingerprint density at radius 3 is 2.19 bits per heavy atom. The summed E-state index contributed by atoms with van der Waals surface area (Å²) in [6.07, 6.45) is 0.878. The Kier molecular flexibility index (Phi) is 6.48. The molecule has 0 saturated carbocycles. The Labute approximate surface area is 192 Å². The fraction of sp³-hybridized carbons (Fsp3) is 0.273. The van der Waals surface area contributed by atoms with Crippen molar-refractivity contribution in [2.75, 3.05) is 31.1 Å². The number of hydrogen-bond donors (Lipinski definition) is 0. The number of aryl methyl sites for hydroxylation is 1. The number of rotatable bonds is 5. The lowest BCUT2D eigenvalue weighted by Gasteiger charge is -2.34. The SMILES string of the molecule is CCc1ccc(S(=O)(=O)N2CCN(c3ccc(-c4ccc(Cl)cc4Cl)nn3)CC2)cc1. The predicted octanol–water partition coefficient (Wildman–Crippen LogP) is 4.52. The minimum Gasteiger partial charge on any atom is -0.352 e. The lowest BCUT2D eigenvalue weighted by molar-refractivity contribution is 0.383. The van der Waals surface area contributed by atoms with Crippen molar-refractivity contribution in [3.63, 3.8) is 0 Å². The van der Waals surface area contributed by atoms with E-state index in [0.29, 0.717) is 52.6 Å². The second kappa shape index (κ2) is 9.12. The first-order chi connectivity index (χ1) is 14.9. The normalized spacial score (nSPS) is 15.3. The molecular formula is C22H22Cl2N4O2S. The van der Waals surface area contributed by atoms with E-state index < -0.39 is 10.0 Å². The molecule has 1 saturated heterocycles. The molecular weight excluding hydrogens is 455 g/mol. The van der Waals surface area contributed by atoms with E-state index in [9.17, 15) is 8.42 Å². The fourth-order valence-corrected chi connectivity index (χ4v) is 5.47. The summed E-state index contributed by atoms with van der Waals surface area (Å²) in [5, 5.41) is 9.69. The van der Waals surface area contributed by atoms with Crippen molar-refractivity contribution in [1.29, 1.82) is 0 Å². The Bertz CT molecular complexity index is 1160. The molecule has 1 aromatic heterocycles. The largest absolute Gasteiger partial charge is 0.352 e. The van der Waals surface area contributed by atoms with Crippen LogP contribution < -0.4 is 4.90 Å². The minimum atomic E-state index is -3.50. The Hall–Kier alpha value is -2.19. The lowest BCUT2D eigenvalue weighted by atomic mass is 10.1. The van der Waals surface area contributed by atoms with Gasteiger partial charge in [0.05, 0.1) is 15.6 Å². The van der Waals surface area contributed by atoms with Gasteiger partial charge in [-0.3, -0.25) is 0 Å². The van der Waals surface area contributed by atoms with Crippen molar-refractivity contribution in [2.24, 2.45) is 0 Å². The topological polar surface area (TPSA) is 66.4 Å². The van der Waals surface area contributed by atoms with Crippen molar-refractivity contribution in [3.8, 4) is 11.3 Å². The second-order valence-electron chi connectivity index (χ2n) is 7.29. The van der Waals surface area contributed by atoms with Crippen molar-refractivity contribution in [1.82, 2.24) is 14.5 Å². The van der Waals surface area contributed by atoms with E-state index in [1.165, 1.54) is 4.31 Å². The number of benzene rings is 2. The third-order valence-electron chi connectivity index (χ3n) is 5.39. The molecule has 0 unspecified atom stereocenters. The van der Waals surface area contributed by atoms with Crippen molar-refractivity contribution in [3.05, 3.63) is 70.2 Å². The Balaban J connectivity index is 1.43. The van der Waals surface area contributed by atoms with Gasteiger partial charge in [-0.2, -0.15) is 4.31 Å². The first-order valence-electron chi connectivity index (χ1n) is 10.0. The molecule has 0 radical (unpaired) electrons. The van der Waals surface area contributed by atoms with Gasteiger partial charge in [0.15, 0.2) is 5.82 Å². The zero-order chi connectivity index (χ0) is 22.0. The number of anilines is 1. The summed E-state index contributed by atoms with van der Waals surface area (Å²) in [6, 6.07) is 16.1. The number of halogens is 2.